The molecule has 0 bridgehead atoms. The number of carbonyl (C=O) groups is 1. The van der Waals surface area contributed by atoms with E-state index in [2.05, 4.69) is 43.5 Å². The third-order valence-corrected chi connectivity index (χ3v) is 18.4. The predicted octanol–water partition coefficient (Wildman–Crippen LogP) is 10.4. The maximum atomic E-state index is 13.4. The van der Waals surface area contributed by atoms with Gasteiger partial charge in [-0.15, -0.1) is 0 Å². The van der Waals surface area contributed by atoms with Crippen molar-refractivity contribution in [2.45, 2.75) is 388 Å². The lowest BCUT2D eigenvalue weighted by molar-refractivity contribution is -0.379. The molecule has 12 N–H and O–H groups in total. The number of unbranched alkanes of at least 4 members (excludes halogenated alkanes) is 37. The standard InChI is InChI=1S/C72H133NO18/c1-3-5-7-9-11-13-15-17-18-19-20-21-22-23-24-25-26-27-28-29-30-31-32-33-34-35-36-38-40-42-44-46-48-50-60(78)73-55(56(77)49-47-45-43-41-39-37-16-14-12-10-8-6-4-2)54-86-70-66(84)63(81)68(58(52-75)88-70)91-72-67(85)64(82)69(59(53-76)89-72)90-71-65(83)62(80)61(79)57(51-74)87-71/h19-20,39,41,47,49,55-59,61-72,74-77,79-85H,3-18,21-38,40,42-46,48,50-54H2,1-2H3,(H,73,78)/b20-19-,41-39+,49-47+. The molecular formula is C72H133NO18. The molecule has 17 unspecified atom stereocenters. The van der Waals surface area contributed by atoms with Crippen LogP contribution in [0.5, 0.6) is 0 Å². The highest BCUT2D eigenvalue weighted by Gasteiger charge is 2.53. The Balaban J connectivity index is 1.34. The average molecular weight is 1300 g/mol. The minimum atomic E-state index is -1.98. The zero-order valence-corrected chi connectivity index (χ0v) is 56.6. The van der Waals surface area contributed by atoms with Crippen LogP contribution in [0, 0.1) is 0 Å². The summed E-state index contributed by atoms with van der Waals surface area (Å²) in [5.74, 6) is -0.282. The van der Waals surface area contributed by atoms with E-state index in [4.69, 9.17) is 28.4 Å². The van der Waals surface area contributed by atoms with Gasteiger partial charge in [0.25, 0.3) is 0 Å². The van der Waals surface area contributed by atoms with E-state index in [1.807, 2.05) is 6.08 Å². The molecule has 3 saturated heterocycles. The van der Waals surface area contributed by atoms with Crippen molar-refractivity contribution in [3.63, 3.8) is 0 Å². The Morgan fingerprint density at radius 2 is 0.703 bits per heavy atom. The minimum absolute atomic E-state index is 0.239. The molecule has 3 aliphatic heterocycles. The first-order chi connectivity index (χ1) is 44.3. The second-order valence-corrected chi connectivity index (χ2v) is 26.4. The lowest BCUT2D eigenvalue weighted by atomic mass is 9.96. The number of aliphatic hydroxyl groups is 11. The fourth-order valence-electron chi connectivity index (χ4n) is 12.4. The van der Waals surface area contributed by atoms with Crippen LogP contribution in [-0.2, 0) is 33.2 Å². The average Bonchev–Trinajstić information content (AvgIpc) is 0.876. The van der Waals surface area contributed by atoms with E-state index < -0.39 is 124 Å². The summed E-state index contributed by atoms with van der Waals surface area (Å²) in [6.07, 6.45) is 37.3. The van der Waals surface area contributed by atoms with Crippen molar-refractivity contribution in [2.24, 2.45) is 0 Å². The number of rotatable bonds is 57. The van der Waals surface area contributed by atoms with Gasteiger partial charge in [-0.05, 0) is 57.8 Å². The summed E-state index contributed by atoms with van der Waals surface area (Å²) in [6.45, 7) is 1.72. The Morgan fingerprint density at radius 3 is 1.10 bits per heavy atom. The lowest BCUT2D eigenvalue weighted by Gasteiger charge is -2.48. The van der Waals surface area contributed by atoms with Gasteiger partial charge in [-0.2, -0.15) is 0 Å². The zero-order chi connectivity index (χ0) is 66.1. The summed E-state index contributed by atoms with van der Waals surface area (Å²) in [6, 6.07) is -0.987. The van der Waals surface area contributed by atoms with E-state index in [1.54, 1.807) is 6.08 Å². The predicted molar refractivity (Wildman–Crippen MR) is 356 cm³/mol. The quantitative estimate of drug-likeness (QED) is 0.0199. The molecule has 1 amide bonds. The van der Waals surface area contributed by atoms with Crippen LogP contribution < -0.4 is 5.32 Å². The molecule has 3 heterocycles. The van der Waals surface area contributed by atoms with Crippen LogP contribution in [0.15, 0.2) is 36.5 Å². The van der Waals surface area contributed by atoms with Gasteiger partial charge in [0.1, 0.15) is 73.2 Å². The molecule has 3 fully saturated rings. The fourth-order valence-corrected chi connectivity index (χ4v) is 12.4. The molecule has 3 aliphatic rings. The van der Waals surface area contributed by atoms with E-state index in [0.29, 0.717) is 12.8 Å². The summed E-state index contributed by atoms with van der Waals surface area (Å²) in [5, 5.41) is 120. The highest BCUT2D eigenvalue weighted by atomic mass is 16.8. The van der Waals surface area contributed by atoms with Gasteiger partial charge in [-0.25, -0.2) is 0 Å². The van der Waals surface area contributed by atoms with Crippen molar-refractivity contribution >= 4 is 5.91 Å². The molecule has 0 radical (unpaired) electrons. The molecule has 91 heavy (non-hydrogen) atoms. The largest absolute Gasteiger partial charge is 0.394 e. The highest BCUT2D eigenvalue weighted by molar-refractivity contribution is 5.76. The van der Waals surface area contributed by atoms with Crippen molar-refractivity contribution in [1.29, 1.82) is 0 Å². The summed E-state index contributed by atoms with van der Waals surface area (Å²) >= 11 is 0. The van der Waals surface area contributed by atoms with Gasteiger partial charge >= 0.3 is 0 Å². The summed E-state index contributed by atoms with van der Waals surface area (Å²) in [5.41, 5.74) is 0. The van der Waals surface area contributed by atoms with Gasteiger partial charge in [-0.1, -0.05) is 256 Å². The maximum absolute atomic E-state index is 13.4. The number of hydrogen-bond donors (Lipinski definition) is 12. The summed E-state index contributed by atoms with van der Waals surface area (Å²) < 4.78 is 34.3. The molecule has 0 aromatic carbocycles. The molecule has 0 spiro atoms. The van der Waals surface area contributed by atoms with Crippen LogP contribution in [-0.4, -0.2) is 193 Å². The summed E-state index contributed by atoms with van der Waals surface area (Å²) in [4.78, 5) is 13.4. The lowest BCUT2D eigenvalue weighted by Crippen LogP contribution is -2.66. The Kier molecular flexibility index (Phi) is 49.5. The van der Waals surface area contributed by atoms with Crippen LogP contribution in [0.4, 0.5) is 0 Å². The Labute approximate surface area is 549 Å². The molecule has 0 aromatic heterocycles. The fraction of sp³-hybridized carbons (Fsp3) is 0.903. The SMILES string of the molecule is CCCCCCCCC/C=C/CC/C=C/C(O)C(COC1OC(CO)C(OC2OC(CO)C(OC3OC(CO)C(O)C(O)C3O)C(O)C2O)C(O)C1O)NC(=O)CCCCCCCCCCCCCCCCCCCCCCC/C=C\CCCCCCCCCC. The van der Waals surface area contributed by atoms with Gasteiger partial charge in [0.05, 0.1) is 38.6 Å². The van der Waals surface area contributed by atoms with E-state index in [1.165, 1.54) is 212 Å². The molecule has 19 nitrogen and oxygen atoms in total. The van der Waals surface area contributed by atoms with Crippen molar-refractivity contribution in [2.75, 3.05) is 26.4 Å². The number of amides is 1. The van der Waals surface area contributed by atoms with Crippen LogP contribution in [0.1, 0.15) is 284 Å². The molecule has 0 aliphatic carbocycles. The number of carbonyl (C=O) groups excluding carboxylic acids is 1. The number of nitrogens with one attached hydrogen (secondary N) is 1. The topological polar surface area (TPSA) is 307 Å². The van der Waals surface area contributed by atoms with Gasteiger partial charge in [0.15, 0.2) is 18.9 Å². The first-order valence-corrected chi connectivity index (χ1v) is 36.7. The number of ether oxygens (including phenoxy) is 6. The van der Waals surface area contributed by atoms with Crippen molar-refractivity contribution < 1.29 is 89.4 Å². The van der Waals surface area contributed by atoms with E-state index in [9.17, 15) is 61.0 Å². The second kappa shape index (κ2) is 54.1. The Morgan fingerprint density at radius 1 is 0.385 bits per heavy atom. The van der Waals surface area contributed by atoms with Crippen LogP contribution in [0.3, 0.4) is 0 Å². The monoisotopic (exact) mass is 1300 g/mol. The van der Waals surface area contributed by atoms with Crippen LogP contribution >= 0.6 is 0 Å². The molecular weight excluding hydrogens is 1170 g/mol. The Bertz CT molecular complexity index is 1790. The van der Waals surface area contributed by atoms with E-state index >= 15 is 0 Å². The summed E-state index contributed by atoms with van der Waals surface area (Å²) in [7, 11) is 0. The van der Waals surface area contributed by atoms with Crippen molar-refractivity contribution in [3.8, 4) is 0 Å². The molecule has 534 valence electrons. The number of aliphatic hydroxyl groups excluding tert-OH is 11. The zero-order valence-electron chi connectivity index (χ0n) is 56.6. The Hall–Kier alpha value is -1.99. The smallest absolute Gasteiger partial charge is 0.220 e. The van der Waals surface area contributed by atoms with Crippen LogP contribution in [0.25, 0.3) is 0 Å². The van der Waals surface area contributed by atoms with Gasteiger partial charge in [0, 0.05) is 6.42 Å². The van der Waals surface area contributed by atoms with Crippen LogP contribution in [0.2, 0.25) is 0 Å². The first-order valence-electron chi connectivity index (χ1n) is 36.7. The van der Waals surface area contributed by atoms with E-state index in [0.717, 1.165) is 38.5 Å². The first kappa shape index (κ1) is 83.2. The third-order valence-electron chi connectivity index (χ3n) is 18.4. The maximum Gasteiger partial charge on any atom is 0.220 e. The van der Waals surface area contributed by atoms with Crippen molar-refractivity contribution in [3.05, 3.63) is 36.5 Å². The molecule has 0 aromatic rings. The second-order valence-electron chi connectivity index (χ2n) is 26.4. The molecule has 17 atom stereocenters. The number of allylic oxidation sites excluding steroid dienone is 5. The molecule has 0 saturated carbocycles. The molecule has 3 rings (SSSR count). The van der Waals surface area contributed by atoms with Gasteiger partial charge in [-0.3, -0.25) is 4.79 Å². The van der Waals surface area contributed by atoms with Crippen molar-refractivity contribution in [1.82, 2.24) is 5.32 Å². The molecule has 19 heteroatoms. The third kappa shape index (κ3) is 35.7. The minimum Gasteiger partial charge on any atom is -0.394 e. The van der Waals surface area contributed by atoms with Gasteiger partial charge < -0.3 is 89.9 Å². The highest BCUT2D eigenvalue weighted by Crippen LogP contribution is 2.33. The normalized spacial score (nSPS) is 28.0. The number of hydrogen-bond acceptors (Lipinski definition) is 18. The van der Waals surface area contributed by atoms with Gasteiger partial charge in [0.2, 0.25) is 5.91 Å². The van der Waals surface area contributed by atoms with E-state index in [-0.39, 0.29) is 18.9 Å².